The lowest BCUT2D eigenvalue weighted by Gasteiger charge is -2.36. The summed E-state index contributed by atoms with van der Waals surface area (Å²) < 4.78 is 14.0. The van der Waals surface area contributed by atoms with E-state index in [-0.39, 0.29) is 5.82 Å². The number of benzene rings is 1. The number of hydrogen-bond acceptors (Lipinski definition) is 5. The summed E-state index contributed by atoms with van der Waals surface area (Å²) >= 11 is 0. The van der Waals surface area contributed by atoms with Crippen LogP contribution in [-0.2, 0) is 0 Å². The lowest BCUT2D eigenvalue weighted by atomic mass is 10.1. The Morgan fingerprint density at radius 2 is 1.67 bits per heavy atom. The number of aldehydes is 1. The molecule has 0 spiro atoms. The van der Waals surface area contributed by atoms with Gasteiger partial charge in [-0.2, -0.15) is 0 Å². The minimum Gasteiger partial charge on any atom is -0.365 e. The van der Waals surface area contributed by atoms with E-state index < -0.39 is 0 Å². The molecule has 1 aliphatic rings. The Kier molecular flexibility index (Phi) is 3.77. The SMILES string of the molecule is O=Cc1cccc(F)c1N1CCN(c2ncccn2)CC1. The quantitative estimate of drug-likeness (QED) is 0.805. The molecule has 0 unspecified atom stereocenters. The first-order chi connectivity index (χ1) is 10.3. The standard InChI is InChI=1S/C15H15FN4O/c16-13-4-1-3-12(11-21)14(13)19-7-9-20(10-8-19)15-17-5-2-6-18-15/h1-6,11H,7-10H2. The van der Waals surface area contributed by atoms with Crippen LogP contribution in [-0.4, -0.2) is 42.4 Å². The van der Waals surface area contributed by atoms with Crippen LogP contribution in [0, 0.1) is 5.82 Å². The number of rotatable bonds is 3. The van der Waals surface area contributed by atoms with Crippen LogP contribution in [0.3, 0.4) is 0 Å². The minimum atomic E-state index is -0.357. The molecule has 5 nitrogen and oxygen atoms in total. The van der Waals surface area contributed by atoms with Crippen molar-refractivity contribution in [2.75, 3.05) is 36.0 Å². The molecule has 2 aromatic rings. The molecule has 1 aromatic carbocycles. The van der Waals surface area contributed by atoms with E-state index in [1.807, 2.05) is 4.90 Å². The molecule has 2 heterocycles. The highest BCUT2D eigenvalue weighted by molar-refractivity contribution is 5.85. The molecular weight excluding hydrogens is 271 g/mol. The van der Waals surface area contributed by atoms with Gasteiger partial charge in [0.1, 0.15) is 5.82 Å². The highest BCUT2D eigenvalue weighted by atomic mass is 19.1. The lowest BCUT2D eigenvalue weighted by molar-refractivity contribution is 0.112. The van der Waals surface area contributed by atoms with Gasteiger partial charge in [0.25, 0.3) is 0 Å². The molecule has 0 saturated carbocycles. The van der Waals surface area contributed by atoms with Crippen molar-refractivity contribution in [3.8, 4) is 0 Å². The first kappa shape index (κ1) is 13.5. The molecule has 1 aromatic heterocycles. The molecule has 1 aliphatic heterocycles. The van der Waals surface area contributed by atoms with Crippen LogP contribution >= 0.6 is 0 Å². The first-order valence-electron chi connectivity index (χ1n) is 6.80. The zero-order valence-corrected chi connectivity index (χ0v) is 11.4. The summed E-state index contributed by atoms with van der Waals surface area (Å²) in [6.07, 6.45) is 4.11. The summed E-state index contributed by atoms with van der Waals surface area (Å²) in [5.74, 6) is 0.324. The third-order valence-corrected chi connectivity index (χ3v) is 3.58. The van der Waals surface area contributed by atoms with Gasteiger partial charge in [-0.05, 0) is 18.2 Å². The summed E-state index contributed by atoms with van der Waals surface area (Å²) in [6, 6.07) is 6.35. The topological polar surface area (TPSA) is 49.3 Å². The Morgan fingerprint density at radius 3 is 2.33 bits per heavy atom. The maximum Gasteiger partial charge on any atom is 0.225 e. The number of aromatic nitrogens is 2. The van der Waals surface area contributed by atoms with Gasteiger partial charge in [0.2, 0.25) is 5.95 Å². The van der Waals surface area contributed by atoms with Crippen LogP contribution in [0.1, 0.15) is 10.4 Å². The average molecular weight is 286 g/mol. The fourth-order valence-electron chi connectivity index (χ4n) is 2.55. The van der Waals surface area contributed by atoms with Crippen molar-refractivity contribution < 1.29 is 9.18 Å². The van der Waals surface area contributed by atoms with Gasteiger partial charge in [0, 0.05) is 44.1 Å². The smallest absolute Gasteiger partial charge is 0.225 e. The summed E-state index contributed by atoms with van der Waals surface area (Å²) in [7, 11) is 0. The largest absolute Gasteiger partial charge is 0.365 e. The van der Waals surface area contributed by atoms with Gasteiger partial charge in [-0.25, -0.2) is 14.4 Å². The van der Waals surface area contributed by atoms with E-state index >= 15 is 0 Å². The molecular formula is C15H15FN4O. The normalized spacial score (nSPS) is 15.1. The summed E-state index contributed by atoms with van der Waals surface area (Å²) in [6.45, 7) is 2.63. The van der Waals surface area contributed by atoms with Crippen LogP contribution < -0.4 is 9.80 Å². The number of anilines is 2. The van der Waals surface area contributed by atoms with Crippen molar-refractivity contribution in [3.63, 3.8) is 0 Å². The van der Waals surface area contributed by atoms with E-state index in [0.717, 1.165) is 0 Å². The van der Waals surface area contributed by atoms with Gasteiger partial charge in [-0.3, -0.25) is 4.79 Å². The Labute approximate surface area is 122 Å². The highest BCUT2D eigenvalue weighted by Gasteiger charge is 2.22. The van der Waals surface area contributed by atoms with E-state index in [1.54, 1.807) is 30.6 Å². The third-order valence-electron chi connectivity index (χ3n) is 3.58. The van der Waals surface area contributed by atoms with E-state index in [1.165, 1.54) is 6.07 Å². The van der Waals surface area contributed by atoms with E-state index in [9.17, 15) is 9.18 Å². The van der Waals surface area contributed by atoms with Gasteiger partial charge in [0.05, 0.1) is 5.69 Å². The molecule has 3 rings (SSSR count). The fourth-order valence-corrected chi connectivity index (χ4v) is 2.55. The summed E-state index contributed by atoms with van der Waals surface area (Å²) in [4.78, 5) is 23.5. The Bertz CT molecular complexity index is 627. The minimum absolute atomic E-state index is 0.357. The van der Waals surface area contributed by atoms with Crippen LogP contribution in [0.4, 0.5) is 16.0 Å². The molecule has 1 saturated heterocycles. The molecule has 0 aliphatic carbocycles. The molecule has 0 N–H and O–H groups in total. The molecule has 0 radical (unpaired) electrons. The van der Waals surface area contributed by atoms with Gasteiger partial charge in [-0.15, -0.1) is 0 Å². The van der Waals surface area contributed by atoms with Crippen molar-refractivity contribution in [2.45, 2.75) is 0 Å². The van der Waals surface area contributed by atoms with Gasteiger partial charge in [-0.1, -0.05) is 6.07 Å². The number of carbonyl (C=O) groups is 1. The van der Waals surface area contributed by atoms with Gasteiger partial charge < -0.3 is 9.80 Å². The van der Waals surface area contributed by atoms with Crippen LogP contribution in [0.5, 0.6) is 0 Å². The van der Waals surface area contributed by atoms with E-state index in [2.05, 4.69) is 14.9 Å². The maximum absolute atomic E-state index is 14.0. The lowest BCUT2D eigenvalue weighted by Crippen LogP contribution is -2.47. The van der Waals surface area contributed by atoms with Crippen LogP contribution in [0.15, 0.2) is 36.7 Å². The van der Waals surface area contributed by atoms with Crippen LogP contribution in [0.2, 0.25) is 0 Å². The third kappa shape index (κ3) is 2.69. The molecule has 6 heteroatoms. The number of para-hydroxylation sites is 1. The second-order valence-electron chi connectivity index (χ2n) is 4.82. The molecule has 0 bridgehead atoms. The molecule has 21 heavy (non-hydrogen) atoms. The van der Waals surface area contributed by atoms with Gasteiger partial charge in [0.15, 0.2) is 6.29 Å². The number of piperazine rings is 1. The molecule has 1 fully saturated rings. The predicted molar refractivity (Wildman–Crippen MR) is 78.2 cm³/mol. The first-order valence-corrected chi connectivity index (χ1v) is 6.80. The van der Waals surface area contributed by atoms with Crippen molar-refractivity contribution in [1.29, 1.82) is 0 Å². The zero-order valence-electron chi connectivity index (χ0n) is 11.4. The second-order valence-corrected chi connectivity index (χ2v) is 4.82. The average Bonchev–Trinajstić information content (AvgIpc) is 2.55. The highest BCUT2D eigenvalue weighted by Crippen LogP contribution is 2.25. The Balaban J connectivity index is 1.76. The van der Waals surface area contributed by atoms with E-state index in [4.69, 9.17) is 0 Å². The fraction of sp³-hybridized carbons (Fsp3) is 0.267. The maximum atomic E-state index is 14.0. The Hall–Kier alpha value is -2.50. The zero-order chi connectivity index (χ0) is 14.7. The van der Waals surface area contributed by atoms with Crippen molar-refractivity contribution in [1.82, 2.24) is 9.97 Å². The molecule has 0 amide bonds. The van der Waals surface area contributed by atoms with Crippen LogP contribution in [0.25, 0.3) is 0 Å². The number of carbonyl (C=O) groups excluding carboxylic acids is 1. The number of nitrogens with zero attached hydrogens (tertiary/aromatic N) is 4. The van der Waals surface area contributed by atoms with Gasteiger partial charge >= 0.3 is 0 Å². The van der Waals surface area contributed by atoms with E-state index in [0.29, 0.717) is 49.7 Å². The molecule has 0 atom stereocenters. The van der Waals surface area contributed by atoms with Crippen molar-refractivity contribution >= 4 is 17.9 Å². The Morgan fingerprint density at radius 1 is 1.00 bits per heavy atom. The second kappa shape index (κ2) is 5.87. The molecule has 108 valence electrons. The number of hydrogen-bond donors (Lipinski definition) is 0. The summed E-state index contributed by atoms with van der Waals surface area (Å²) in [5.41, 5.74) is 0.778. The summed E-state index contributed by atoms with van der Waals surface area (Å²) in [5, 5.41) is 0. The van der Waals surface area contributed by atoms with Crippen molar-refractivity contribution in [2.24, 2.45) is 0 Å². The predicted octanol–water partition coefficient (Wildman–Crippen LogP) is 1.75. The monoisotopic (exact) mass is 286 g/mol. The van der Waals surface area contributed by atoms with Crippen molar-refractivity contribution in [3.05, 3.63) is 48.0 Å². The number of halogens is 1.